The van der Waals surface area contributed by atoms with E-state index in [0.29, 0.717) is 11.4 Å². The molecule has 0 spiro atoms. The Morgan fingerprint density at radius 1 is 1.55 bits per heavy atom. The summed E-state index contributed by atoms with van der Waals surface area (Å²) in [6, 6.07) is 1.87. The van der Waals surface area contributed by atoms with Gasteiger partial charge in [0.2, 0.25) is 0 Å². The van der Waals surface area contributed by atoms with Crippen molar-refractivity contribution >= 4 is 22.4 Å². The molecular weight excluding hydrogens is 274 g/mol. The van der Waals surface area contributed by atoms with E-state index < -0.39 is 0 Å². The number of nitrogens with one attached hydrogen (secondary N) is 2. The largest absolute Gasteiger partial charge is 0.362 e. The van der Waals surface area contributed by atoms with Gasteiger partial charge in [0.1, 0.15) is 4.88 Å². The molecule has 2 N–H and O–H groups in total. The third-order valence-corrected chi connectivity index (χ3v) is 3.84. The summed E-state index contributed by atoms with van der Waals surface area (Å²) in [6.45, 7) is 7.26. The fraction of sp³-hybridized carbons (Fsp3) is 0.462. The standard InChI is InChI=1S/C13H19N5OS/c1-4-14-13-17-10(3)11(20-13)12(19)16-9(2)8-18-7-5-6-15-18/h5-7,9H,4,8H2,1-3H3,(H,14,17)(H,16,19)/t9-/m0/s1. The molecule has 0 fully saturated rings. The molecule has 1 amide bonds. The summed E-state index contributed by atoms with van der Waals surface area (Å²) in [5.74, 6) is -0.0798. The molecule has 0 saturated carbocycles. The number of anilines is 1. The van der Waals surface area contributed by atoms with Gasteiger partial charge < -0.3 is 10.6 Å². The second-order valence-corrected chi connectivity index (χ2v) is 5.57. The van der Waals surface area contributed by atoms with E-state index in [4.69, 9.17) is 0 Å². The number of rotatable bonds is 6. The van der Waals surface area contributed by atoms with Gasteiger partial charge in [0.05, 0.1) is 12.2 Å². The Morgan fingerprint density at radius 2 is 2.35 bits per heavy atom. The van der Waals surface area contributed by atoms with Crippen molar-refractivity contribution in [3.63, 3.8) is 0 Å². The SMILES string of the molecule is CCNc1nc(C)c(C(=O)N[C@@H](C)Cn2cccn2)s1. The predicted octanol–water partition coefficient (Wildman–Crippen LogP) is 1.90. The molecule has 2 aromatic rings. The van der Waals surface area contributed by atoms with Crippen LogP contribution in [0.2, 0.25) is 0 Å². The van der Waals surface area contributed by atoms with Crippen LogP contribution in [-0.2, 0) is 6.54 Å². The number of nitrogens with zero attached hydrogens (tertiary/aromatic N) is 3. The minimum atomic E-state index is -0.0798. The van der Waals surface area contributed by atoms with Gasteiger partial charge in [0.25, 0.3) is 5.91 Å². The monoisotopic (exact) mass is 293 g/mol. The van der Waals surface area contributed by atoms with Gasteiger partial charge >= 0.3 is 0 Å². The highest BCUT2D eigenvalue weighted by atomic mass is 32.1. The number of aryl methyl sites for hydroxylation is 1. The quantitative estimate of drug-likeness (QED) is 0.853. The van der Waals surface area contributed by atoms with Crippen molar-refractivity contribution in [2.45, 2.75) is 33.4 Å². The van der Waals surface area contributed by atoms with Gasteiger partial charge in [-0.3, -0.25) is 9.48 Å². The van der Waals surface area contributed by atoms with E-state index in [0.717, 1.165) is 17.4 Å². The van der Waals surface area contributed by atoms with Gasteiger partial charge in [-0.25, -0.2) is 4.98 Å². The van der Waals surface area contributed by atoms with Crippen LogP contribution in [0.4, 0.5) is 5.13 Å². The topological polar surface area (TPSA) is 71.8 Å². The summed E-state index contributed by atoms with van der Waals surface area (Å²) in [7, 11) is 0. The van der Waals surface area contributed by atoms with E-state index >= 15 is 0 Å². The molecule has 20 heavy (non-hydrogen) atoms. The van der Waals surface area contributed by atoms with E-state index in [1.54, 1.807) is 10.9 Å². The van der Waals surface area contributed by atoms with Gasteiger partial charge in [0.15, 0.2) is 5.13 Å². The third-order valence-electron chi connectivity index (χ3n) is 2.73. The van der Waals surface area contributed by atoms with Gasteiger partial charge in [-0.1, -0.05) is 11.3 Å². The van der Waals surface area contributed by atoms with E-state index in [2.05, 4.69) is 20.7 Å². The van der Waals surface area contributed by atoms with Crippen LogP contribution in [-0.4, -0.2) is 33.3 Å². The van der Waals surface area contributed by atoms with E-state index in [1.807, 2.05) is 33.0 Å². The van der Waals surface area contributed by atoms with E-state index in [-0.39, 0.29) is 11.9 Å². The lowest BCUT2D eigenvalue weighted by atomic mass is 10.3. The van der Waals surface area contributed by atoms with Crippen LogP contribution in [0.1, 0.15) is 29.2 Å². The van der Waals surface area contributed by atoms with Gasteiger partial charge in [-0.05, 0) is 26.8 Å². The zero-order valence-corrected chi connectivity index (χ0v) is 12.7. The normalized spacial score (nSPS) is 12.2. The molecule has 7 heteroatoms. The molecule has 0 aliphatic heterocycles. The Hall–Kier alpha value is -1.89. The van der Waals surface area contributed by atoms with Crippen molar-refractivity contribution in [1.82, 2.24) is 20.1 Å². The molecular formula is C13H19N5OS. The third kappa shape index (κ3) is 3.57. The smallest absolute Gasteiger partial charge is 0.263 e. The molecule has 0 aromatic carbocycles. The molecule has 0 radical (unpaired) electrons. The lowest BCUT2D eigenvalue weighted by Gasteiger charge is -2.13. The number of carbonyl (C=O) groups excluding carboxylic acids is 1. The number of aromatic nitrogens is 3. The molecule has 1 atom stereocenters. The lowest BCUT2D eigenvalue weighted by molar-refractivity contribution is 0.0939. The fourth-order valence-corrected chi connectivity index (χ4v) is 2.80. The highest BCUT2D eigenvalue weighted by Gasteiger charge is 2.17. The average Bonchev–Trinajstić information content (AvgIpc) is 2.99. The Morgan fingerprint density at radius 3 is 3.00 bits per heavy atom. The van der Waals surface area contributed by atoms with Gasteiger partial charge in [-0.2, -0.15) is 5.10 Å². The van der Waals surface area contributed by atoms with Crippen molar-refractivity contribution in [2.75, 3.05) is 11.9 Å². The van der Waals surface area contributed by atoms with Crippen LogP contribution >= 0.6 is 11.3 Å². The zero-order valence-electron chi connectivity index (χ0n) is 11.9. The Labute approximate surface area is 122 Å². The summed E-state index contributed by atoms with van der Waals surface area (Å²) >= 11 is 1.39. The molecule has 2 heterocycles. The van der Waals surface area contributed by atoms with Crippen molar-refractivity contribution in [2.24, 2.45) is 0 Å². The van der Waals surface area contributed by atoms with Gasteiger partial charge in [0, 0.05) is 25.0 Å². The molecule has 0 bridgehead atoms. The Kier molecular flexibility index (Phi) is 4.73. The minimum Gasteiger partial charge on any atom is -0.362 e. The summed E-state index contributed by atoms with van der Waals surface area (Å²) in [5, 5.41) is 11.0. The maximum atomic E-state index is 12.2. The van der Waals surface area contributed by atoms with Crippen LogP contribution in [0.5, 0.6) is 0 Å². The van der Waals surface area contributed by atoms with Crippen molar-refractivity contribution in [1.29, 1.82) is 0 Å². The van der Waals surface area contributed by atoms with Crippen LogP contribution in [0.3, 0.4) is 0 Å². The fourth-order valence-electron chi connectivity index (χ4n) is 1.86. The van der Waals surface area contributed by atoms with Crippen molar-refractivity contribution in [3.8, 4) is 0 Å². The van der Waals surface area contributed by atoms with Crippen LogP contribution in [0.15, 0.2) is 18.5 Å². The van der Waals surface area contributed by atoms with Crippen LogP contribution < -0.4 is 10.6 Å². The summed E-state index contributed by atoms with van der Waals surface area (Å²) in [4.78, 5) is 17.2. The Bertz CT molecular complexity index is 563. The van der Waals surface area contributed by atoms with E-state index in [1.165, 1.54) is 11.3 Å². The second-order valence-electron chi connectivity index (χ2n) is 4.57. The summed E-state index contributed by atoms with van der Waals surface area (Å²) in [6.07, 6.45) is 3.61. The molecule has 2 aromatic heterocycles. The average molecular weight is 293 g/mol. The molecule has 2 rings (SSSR count). The highest BCUT2D eigenvalue weighted by molar-refractivity contribution is 7.17. The van der Waals surface area contributed by atoms with Crippen LogP contribution in [0, 0.1) is 6.92 Å². The summed E-state index contributed by atoms with van der Waals surface area (Å²) < 4.78 is 1.80. The summed E-state index contributed by atoms with van der Waals surface area (Å²) in [5.41, 5.74) is 0.759. The molecule has 0 unspecified atom stereocenters. The lowest BCUT2D eigenvalue weighted by Crippen LogP contribution is -2.35. The molecule has 6 nitrogen and oxygen atoms in total. The minimum absolute atomic E-state index is 0.00600. The molecule has 0 saturated heterocycles. The molecule has 0 aliphatic carbocycles. The first kappa shape index (κ1) is 14.5. The number of amides is 1. The first-order chi connectivity index (χ1) is 9.60. The van der Waals surface area contributed by atoms with Crippen molar-refractivity contribution in [3.05, 3.63) is 29.0 Å². The Balaban J connectivity index is 1.97. The van der Waals surface area contributed by atoms with Crippen LogP contribution in [0.25, 0.3) is 0 Å². The number of hydrogen-bond acceptors (Lipinski definition) is 5. The number of thiazole rings is 1. The van der Waals surface area contributed by atoms with E-state index in [9.17, 15) is 4.79 Å². The maximum Gasteiger partial charge on any atom is 0.263 e. The molecule has 108 valence electrons. The first-order valence-electron chi connectivity index (χ1n) is 6.59. The predicted molar refractivity (Wildman–Crippen MR) is 80.2 cm³/mol. The highest BCUT2D eigenvalue weighted by Crippen LogP contribution is 2.22. The number of hydrogen-bond donors (Lipinski definition) is 2. The van der Waals surface area contributed by atoms with Crippen molar-refractivity contribution < 1.29 is 4.79 Å². The zero-order chi connectivity index (χ0) is 14.5. The molecule has 0 aliphatic rings. The second kappa shape index (κ2) is 6.51. The first-order valence-corrected chi connectivity index (χ1v) is 7.41. The van der Waals surface area contributed by atoms with Gasteiger partial charge in [-0.15, -0.1) is 0 Å². The number of carbonyl (C=O) groups is 1. The maximum absolute atomic E-state index is 12.2.